The number of aromatic nitrogens is 1. The SMILES string of the molecule is O=C(CCNC(=O)c1ccc([N+](=O)[O-])cc1)OCc1csc(-c2ccccc2)n1. The number of rotatable bonds is 8. The van der Waals surface area contributed by atoms with Gasteiger partial charge in [0, 0.05) is 35.2 Å². The van der Waals surface area contributed by atoms with E-state index in [2.05, 4.69) is 10.3 Å². The Morgan fingerprint density at radius 3 is 2.52 bits per heavy atom. The Morgan fingerprint density at radius 1 is 1.10 bits per heavy atom. The van der Waals surface area contributed by atoms with Crippen LogP contribution in [0.25, 0.3) is 10.6 Å². The summed E-state index contributed by atoms with van der Waals surface area (Å²) in [6, 6.07) is 14.9. The first-order chi connectivity index (χ1) is 14.0. The van der Waals surface area contributed by atoms with Gasteiger partial charge in [-0.25, -0.2) is 4.98 Å². The van der Waals surface area contributed by atoms with Crippen LogP contribution in [0.2, 0.25) is 0 Å². The number of hydrogen-bond acceptors (Lipinski definition) is 7. The zero-order chi connectivity index (χ0) is 20.6. The van der Waals surface area contributed by atoms with Crippen LogP contribution in [-0.2, 0) is 16.1 Å². The predicted octanol–water partition coefficient (Wildman–Crippen LogP) is 3.58. The van der Waals surface area contributed by atoms with Gasteiger partial charge in [0.1, 0.15) is 11.6 Å². The Bertz CT molecular complexity index is 1000. The lowest BCUT2D eigenvalue weighted by molar-refractivity contribution is -0.384. The molecule has 3 rings (SSSR count). The molecule has 0 aliphatic heterocycles. The second-order valence-electron chi connectivity index (χ2n) is 5.98. The number of esters is 1. The molecule has 3 aromatic rings. The lowest BCUT2D eigenvalue weighted by atomic mass is 10.2. The minimum Gasteiger partial charge on any atom is -0.459 e. The van der Waals surface area contributed by atoms with Crippen molar-refractivity contribution >= 4 is 28.9 Å². The van der Waals surface area contributed by atoms with Gasteiger partial charge in [0.15, 0.2) is 0 Å². The summed E-state index contributed by atoms with van der Waals surface area (Å²) in [5, 5.41) is 15.9. The van der Waals surface area contributed by atoms with Gasteiger partial charge in [-0.1, -0.05) is 30.3 Å². The van der Waals surface area contributed by atoms with E-state index in [1.807, 2.05) is 35.7 Å². The molecule has 0 unspecified atom stereocenters. The molecule has 9 heteroatoms. The van der Waals surface area contributed by atoms with E-state index in [4.69, 9.17) is 4.74 Å². The van der Waals surface area contributed by atoms with E-state index in [1.165, 1.54) is 35.6 Å². The summed E-state index contributed by atoms with van der Waals surface area (Å²) in [6.45, 7) is 0.166. The van der Waals surface area contributed by atoms with Crippen molar-refractivity contribution in [3.05, 3.63) is 81.3 Å². The quantitative estimate of drug-likeness (QED) is 0.344. The Hall–Kier alpha value is -3.59. The largest absolute Gasteiger partial charge is 0.459 e. The summed E-state index contributed by atoms with van der Waals surface area (Å²) in [5.74, 6) is -0.872. The summed E-state index contributed by atoms with van der Waals surface area (Å²) in [4.78, 5) is 38.4. The zero-order valence-electron chi connectivity index (χ0n) is 15.2. The standard InChI is InChI=1S/C20H17N3O5S/c24-18(10-11-21-19(25)14-6-8-17(9-7-14)23(26)27)28-12-16-13-29-20(22-16)15-4-2-1-3-5-15/h1-9,13H,10-12H2,(H,21,25). The third-order valence-corrected chi connectivity index (χ3v) is 4.85. The number of nitro benzene ring substituents is 1. The summed E-state index contributed by atoms with van der Waals surface area (Å²) in [6.07, 6.45) is 0.00833. The average Bonchev–Trinajstić information content (AvgIpc) is 3.22. The van der Waals surface area contributed by atoms with Crippen LogP contribution in [0.4, 0.5) is 5.69 Å². The topological polar surface area (TPSA) is 111 Å². The minimum atomic E-state index is -0.539. The number of carbonyl (C=O) groups is 2. The van der Waals surface area contributed by atoms with Gasteiger partial charge in [-0.2, -0.15) is 0 Å². The molecule has 0 saturated carbocycles. The second-order valence-corrected chi connectivity index (χ2v) is 6.84. The molecule has 0 aliphatic carbocycles. The van der Waals surface area contributed by atoms with Crippen molar-refractivity contribution in [1.82, 2.24) is 10.3 Å². The molecular formula is C20H17N3O5S. The highest BCUT2D eigenvalue weighted by Crippen LogP contribution is 2.23. The van der Waals surface area contributed by atoms with Crippen molar-refractivity contribution < 1.29 is 19.2 Å². The van der Waals surface area contributed by atoms with E-state index in [-0.39, 0.29) is 30.8 Å². The van der Waals surface area contributed by atoms with E-state index in [0.29, 0.717) is 5.69 Å². The number of thiazole rings is 1. The Kier molecular flexibility index (Phi) is 6.64. The van der Waals surface area contributed by atoms with Gasteiger partial charge in [0.25, 0.3) is 11.6 Å². The Labute approximate surface area is 170 Å². The number of amides is 1. The molecule has 0 atom stereocenters. The highest BCUT2D eigenvalue weighted by atomic mass is 32.1. The van der Waals surface area contributed by atoms with Gasteiger partial charge < -0.3 is 10.1 Å². The van der Waals surface area contributed by atoms with Crippen LogP contribution < -0.4 is 5.32 Å². The van der Waals surface area contributed by atoms with Crippen LogP contribution in [0, 0.1) is 10.1 Å². The van der Waals surface area contributed by atoms with Crippen molar-refractivity contribution in [3.8, 4) is 10.6 Å². The lowest BCUT2D eigenvalue weighted by Crippen LogP contribution is -2.26. The molecule has 1 N–H and O–H groups in total. The number of nitrogens with one attached hydrogen (secondary N) is 1. The number of hydrogen-bond donors (Lipinski definition) is 1. The first-order valence-electron chi connectivity index (χ1n) is 8.71. The van der Waals surface area contributed by atoms with E-state index >= 15 is 0 Å². The molecule has 148 valence electrons. The number of nitro groups is 1. The smallest absolute Gasteiger partial charge is 0.307 e. The maximum atomic E-state index is 12.0. The van der Waals surface area contributed by atoms with Crippen molar-refractivity contribution in [2.45, 2.75) is 13.0 Å². The van der Waals surface area contributed by atoms with Gasteiger partial charge in [-0.05, 0) is 12.1 Å². The fraction of sp³-hybridized carbons (Fsp3) is 0.150. The molecule has 0 bridgehead atoms. The molecule has 0 aliphatic rings. The highest BCUT2D eigenvalue weighted by molar-refractivity contribution is 7.13. The average molecular weight is 411 g/mol. The molecule has 0 fully saturated rings. The number of carbonyl (C=O) groups excluding carboxylic acids is 2. The van der Waals surface area contributed by atoms with Crippen molar-refractivity contribution in [3.63, 3.8) is 0 Å². The summed E-state index contributed by atoms with van der Waals surface area (Å²) in [7, 11) is 0. The lowest BCUT2D eigenvalue weighted by Gasteiger charge is -2.05. The van der Waals surface area contributed by atoms with Crippen LogP contribution >= 0.6 is 11.3 Å². The molecule has 8 nitrogen and oxygen atoms in total. The maximum Gasteiger partial charge on any atom is 0.307 e. The third-order valence-electron chi connectivity index (χ3n) is 3.91. The molecule has 1 amide bonds. The molecule has 0 radical (unpaired) electrons. The summed E-state index contributed by atoms with van der Waals surface area (Å²) >= 11 is 1.47. The first kappa shape index (κ1) is 20.2. The second kappa shape index (κ2) is 9.56. The minimum absolute atomic E-state index is 0.00833. The number of benzene rings is 2. The van der Waals surface area contributed by atoms with Crippen LogP contribution in [-0.4, -0.2) is 28.3 Å². The normalized spacial score (nSPS) is 10.3. The van der Waals surface area contributed by atoms with Gasteiger partial charge in [-0.15, -0.1) is 11.3 Å². The number of nitrogens with zero attached hydrogens (tertiary/aromatic N) is 2. The van der Waals surface area contributed by atoms with Crippen LogP contribution in [0.3, 0.4) is 0 Å². The monoisotopic (exact) mass is 411 g/mol. The molecule has 0 spiro atoms. The van der Waals surface area contributed by atoms with E-state index < -0.39 is 16.8 Å². The van der Waals surface area contributed by atoms with Gasteiger partial charge >= 0.3 is 5.97 Å². The zero-order valence-corrected chi connectivity index (χ0v) is 16.1. The molecule has 1 heterocycles. The molecule has 2 aromatic carbocycles. The molecule has 0 saturated heterocycles. The van der Waals surface area contributed by atoms with Crippen LogP contribution in [0.5, 0.6) is 0 Å². The van der Waals surface area contributed by atoms with E-state index in [0.717, 1.165) is 10.6 Å². The summed E-state index contributed by atoms with van der Waals surface area (Å²) < 4.78 is 5.19. The van der Waals surface area contributed by atoms with E-state index in [9.17, 15) is 19.7 Å². The summed E-state index contributed by atoms with van der Waals surface area (Å²) in [5.41, 5.74) is 1.85. The van der Waals surface area contributed by atoms with Crippen molar-refractivity contribution in [2.75, 3.05) is 6.54 Å². The maximum absolute atomic E-state index is 12.0. The van der Waals surface area contributed by atoms with Gasteiger partial charge in [0.05, 0.1) is 17.0 Å². The van der Waals surface area contributed by atoms with Gasteiger partial charge in [-0.3, -0.25) is 19.7 Å². The van der Waals surface area contributed by atoms with Crippen LogP contribution in [0.15, 0.2) is 60.0 Å². The van der Waals surface area contributed by atoms with Gasteiger partial charge in [0.2, 0.25) is 0 Å². The third kappa shape index (κ3) is 5.69. The highest BCUT2D eigenvalue weighted by Gasteiger charge is 2.11. The van der Waals surface area contributed by atoms with E-state index in [1.54, 1.807) is 0 Å². The fourth-order valence-corrected chi connectivity index (χ4v) is 3.24. The number of non-ortho nitro benzene ring substituents is 1. The molecule has 29 heavy (non-hydrogen) atoms. The Morgan fingerprint density at radius 2 is 1.83 bits per heavy atom. The fourth-order valence-electron chi connectivity index (χ4n) is 2.43. The van der Waals surface area contributed by atoms with Crippen molar-refractivity contribution in [1.29, 1.82) is 0 Å². The molecule has 1 aromatic heterocycles. The molecular weight excluding hydrogens is 394 g/mol. The van der Waals surface area contributed by atoms with Crippen LogP contribution in [0.1, 0.15) is 22.5 Å². The first-order valence-corrected chi connectivity index (χ1v) is 9.59. The predicted molar refractivity (Wildman–Crippen MR) is 107 cm³/mol. The Balaban J connectivity index is 1.40. The van der Waals surface area contributed by atoms with Crippen molar-refractivity contribution in [2.24, 2.45) is 0 Å². The number of ether oxygens (including phenoxy) is 1.